The standard InChI is InChI=1S/C18H22FNO/c1-14-7-6-10-16(11-14)17(19)12-20-18(13-21-2)15-8-4-3-5-9-15/h3-11,17-18,20H,12-13H2,1-2H3/t17-,18-/m0/s1. The summed E-state index contributed by atoms with van der Waals surface area (Å²) in [5.41, 5.74) is 2.90. The van der Waals surface area contributed by atoms with Gasteiger partial charge in [0.2, 0.25) is 0 Å². The largest absolute Gasteiger partial charge is 0.383 e. The molecule has 2 rings (SSSR count). The van der Waals surface area contributed by atoms with E-state index in [9.17, 15) is 4.39 Å². The van der Waals surface area contributed by atoms with E-state index in [4.69, 9.17) is 4.74 Å². The van der Waals surface area contributed by atoms with Gasteiger partial charge in [-0.15, -0.1) is 0 Å². The van der Waals surface area contributed by atoms with E-state index in [2.05, 4.69) is 5.32 Å². The van der Waals surface area contributed by atoms with Crippen LogP contribution in [0.15, 0.2) is 54.6 Å². The zero-order valence-corrected chi connectivity index (χ0v) is 12.6. The molecule has 0 heterocycles. The predicted molar refractivity (Wildman–Crippen MR) is 84.1 cm³/mol. The molecule has 112 valence electrons. The average molecular weight is 287 g/mol. The van der Waals surface area contributed by atoms with Gasteiger partial charge in [-0.1, -0.05) is 60.2 Å². The molecule has 0 aliphatic heterocycles. The van der Waals surface area contributed by atoms with Crippen LogP contribution in [0.2, 0.25) is 0 Å². The maximum Gasteiger partial charge on any atom is 0.138 e. The van der Waals surface area contributed by atoms with Gasteiger partial charge < -0.3 is 10.1 Å². The van der Waals surface area contributed by atoms with E-state index in [1.165, 1.54) is 0 Å². The zero-order valence-electron chi connectivity index (χ0n) is 12.6. The molecular formula is C18H22FNO. The van der Waals surface area contributed by atoms with E-state index in [1.807, 2.05) is 61.5 Å². The molecular weight excluding hydrogens is 265 g/mol. The number of aryl methyl sites for hydroxylation is 1. The molecule has 2 aromatic rings. The molecule has 2 nitrogen and oxygen atoms in total. The molecule has 0 fully saturated rings. The van der Waals surface area contributed by atoms with Gasteiger partial charge in [-0.25, -0.2) is 4.39 Å². The monoisotopic (exact) mass is 287 g/mol. The molecule has 0 saturated carbocycles. The first-order valence-electron chi connectivity index (χ1n) is 7.18. The normalized spacial score (nSPS) is 13.9. The second-order valence-corrected chi connectivity index (χ2v) is 5.21. The van der Waals surface area contributed by atoms with Crippen LogP contribution in [0.5, 0.6) is 0 Å². The van der Waals surface area contributed by atoms with Gasteiger partial charge in [0.15, 0.2) is 0 Å². The SMILES string of the molecule is COC[C@H](NC[C@H](F)c1cccc(C)c1)c1ccccc1. The lowest BCUT2D eigenvalue weighted by molar-refractivity contribution is 0.161. The van der Waals surface area contributed by atoms with Crippen molar-refractivity contribution in [1.82, 2.24) is 5.32 Å². The first-order chi connectivity index (χ1) is 10.2. The van der Waals surface area contributed by atoms with Crippen molar-refractivity contribution in [3.63, 3.8) is 0 Å². The van der Waals surface area contributed by atoms with Gasteiger partial charge in [-0.3, -0.25) is 0 Å². The van der Waals surface area contributed by atoms with Crippen LogP contribution in [-0.2, 0) is 4.74 Å². The Hall–Kier alpha value is -1.71. The van der Waals surface area contributed by atoms with Crippen molar-refractivity contribution in [2.24, 2.45) is 0 Å². The molecule has 0 aromatic heterocycles. The van der Waals surface area contributed by atoms with Gasteiger partial charge in [0, 0.05) is 13.7 Å². The van der Waals surface area contributed by atoms with Crippen LogP contribution in [0.3, 0.4) is 0 Å². The number of ether oxygens (including phenoxy) is 1. The van der Waals surface area contributed by atoms with Gasteiger partial charge in [-0.2, -0.15) is 0 Å². The molecule has 3 heteroatoms. The number of nitrogens with one attached hydrogen (secondary N) is 1. The summed E-state index contributed by atoms with van der Waals surface area (Å²) in [6.45, 7) is 2.76. The highest BCUT2D eigenvalue weighted by Gasteiger charge is 2.15. The molecule has 2 atom stereocenters. The molecule has 0 spiro atoms. The number of halogens is 1. The minimum Gasteiger partial charge on any atom is -0.383 e. The van der Waals surface area contributed by atoms with Crippen molar-refractivity contribution in [2.45, 2.75) is 19.1 Å². The quantitative estimate of drug-likeness (QED) is 0.831. The zero-order chi connectivity index (χ0) is 15.1. The van der Waals surface area contributed by atoms with Crippen molar-refractivity contribution >= 4 is 0 Å². The first kappa shape index (κ1) is 15.7. The Morgan fingerprint density at radius 3 is 2.43 bits per heavy atom. The lowest BCUT2D eigenvalue weighted by Gasteiger charge is -2.20. The molecule has 0 radical (unpaired) electrons. The number of alkyl halides is 1. The Balaban J connectivity index is 1.98. The Bertz CT molecular complexity index is 544. The van der Waals surface area contributed by atoms with Crippen LogP contribution < -0.4 is 5.32 Å². The fourth-order valence-electron chi connectivity index (χ4n) is 2.35. The highest BCUT2D eigenvalue weighted by atomic mass is 19.1. The Labute approximate surface area is 126 Å². The summed E-state index contributed by atoms with van der Waals surface area (Å²) >= 11 is 0. The predicted octanol–water partition coefficient (Wildman–Crippen LogP) is 3.98. The lowest BCUT2D eigenvalue weighted by atomic mass is 10.1. The first-order valence-corrected chi connectivity index (χ1v) is 7.18. The van der Waals surface area contributed by atoms with E-state index in [1.54, 1.807) is 7.11 Å². The Kier molecular flexibility index (Phi) is 5.90. The number of benzene rings is 2. The molecule has 0 unspecified atom stereocenters. The van der Waals surface area contributed by atoms with E-state index in [0.717, 1.165) is 11.1 Å². The molecule has 1 N–H and O–H groups in total. The van der Waals surface area contributed by atoms with E-state index in [-0.39, 0.29) is 12.6 Å². The van der Waals surface area contributed by atoms with Crippen LogP contribution in [0, 0.1) is 6.92 Å². The van der Waals surface area contributed by atoms with Gasteiger partial charge in [-0.05, 0) is 18.1 Å². The third-order valence-electron chi connectivity index (χ3n) is 3.48. The number of rotatable bonds is 7. The summed E-state index contributed by atoms with van der Waals surface area (Å²) in [4.78, 5) is 0. The third-order valence-corrected chi connectivity index (χ3v) is 3.48. The highest BCUT2D eigenvalue weighted by Crippen LogP contribution is 2.20. The van der Waals surface area contributed by atoms with Gasteiger partial charge >= 0.3 is 0 Å². The molecule has 21 heavy (non-hydrogen) atoms. The van der Waals surface area contributed by atoms with Crippen molar-refractivity contribution in [3.05, 3.63) is 71.3 Å². The van der Waals surface area contributed by atoms with Crippen molar-refractivity contribution in [2.75, 3.05) is 20.3 Å². The average Bonchev–Trinajstić information content (AvgIpc) is 2.52. The second kappa shape index (κ2) is 7.91. The van der Waals surface area contributed by atoms with Crippen molar-refractivity contribution in [3.8, 4) is 0 Å². The highest BCUT2D eigenvalue weighted by molar-refractivity contribution is 5.24. The van der Waals surface area contributed by atoms with Crippen LogP contribution in [0.4, 0.5) is 4.39 Å². The van der Waals surface area contributed by atoms with Crippen LogP contribution in [-0.4, -0.2) is 20.3 Å². The molecule has 0 aliphatic rings. The lowest BCUT2D eigenvalue weighted by Crippen LogP contribution is -2.28. The second-order valence-electron chi connectivity index (χ2n) is 5.21. The number of hydrogen-bond donors (Lipinski definition) is 1. The third kappa shape index (κ3) is 4.66. The summed E-state index contributed by atoms with van der Waals surface area (Å²) < 4.78 is 19.6. The minimum absolute atomic E-state index is 0.000686. The molecule has 0 bridgehead atoms. The fraction of sp³-hybridized carbons (Fsp3) is 0.333. The molecule has 0 amide bonds. The van der Waals surface area contributed by atoms with Crippen molar-refractivity contribution in [1.29, 1.82) is 0 Å². The summed E-state index contributed by atoms with van der Waals surface area (Å²) in [6, 6.07) is 17.6. The minimum atomic E-state index is -1.02. The van der Waals surface area contributed by atoms with Gasteiger partial charge in [0.05, 0.1) is 12.6 Å². The Morgan fingerprint density at radius 1 is 1.05 bits per heavy atom. The van der Waals surface area contributed by atoms with Gasteiger partial charge in [0.25, 0.3) is 0 Å². The topological polar surface area (TPSA) is 21.3 Å². The summed E-state index contributed by atoms with van der Waals surface area (Å²) in [5.74, 6) is 0. The smallest absolute Gasteiger partial charge is 0.138 e. The fourth-order valence-corrected chi connectivity index (χ4v) is 2.35. The van der Waals surface area contributed by atoms with E-state index in [0.29, 0.717) is 12.2 Å². The summed E-state index contributed by atoms with van der Waals surface area (Å²) in [7, 11) is 1.66. The molecule has 0 saturated heterocycles. The molecule has 0 aliphatic carbocycles. The van der Waals surface area contributed by atoms with Crippen LogP contribution in [0.25, 0.3) is 0 Å². The summed E-state index contributed by atoms with van der Waals surface area (Å²) in [5, 5.41) is 3.25. The Morgan fingerprint density at radius 2 is 1.76 bits per heavy atom. The maximum atomic E-state index is 14.3. The van der Waals surface area contributed by atoms with E-state index < -0.39 is 6.17 Å². The number of hydrogen-bond acceptors (Lipinski definition) is 2. The van der Waals surface area contributed by atoms with E-state index >= 15 is 0 Å². The van der Waals surface area contributed by atoms with Crippen molar-refractivity contribution < 1.29 is 9.13 Å². The molecule has 2 aromatic carbocycles. The summed E-state index contributed by atoms with van der Waals surface area (Å²) in [6.07, 6.45) is -1.02. The van der Waals surface area contributed by atoms with Crippen LogP contribution in [0.1, 0.15) is 28.9 Å². The van der Waals surface area contributed by atoms with Gasteiger partial charge in [0.1, 0.15) is 6.17 Å². The number of methoxy groups -OCH3 is 1. The maximum absolute atomic E-state index is 14.3. The van der Waals surface area contributed by atoms with Crippen LogP contribution >= 0.6 is 0 Å².